The van der Waals surface area contributed by atoms with E-state index in [2.05, 4.69) is 0 Å². The molecule has 0 aliphatic carbocycles. The van der Waals surface area contributed by atoms with Crippen LogP contribution in [0.4, 0.5) is 0 Å². The zero-order chi connectivity index (χ0) is 14.3. The van der Waals surface area contributed by atoms with Gasteiger partial charge >= 0.3 is 11.9 Å². The summed E-state index contributed by atoms with van der Waals surface area (Å²) in [6.45, 7) is 3.81. The Labute approximate surface area is 113 Å². The van der Waals surface area contributed by atoms with Gasteiger partial charge in [0, 0.05) is 0 Å². The van der Waals surface area contributed by atoms with Crippen molar-refractivity contribution in [3.8, 4) is 0 Å². The number of hydrogen-bond donors (Lipinski definition) is 1. The van der Waals surface area contributed by atoms with Crippen LogP contribution in [0.25, 0.3) is 0 Å². The Morgan fingerprint density at radius 1 is 1.21 bits per heavy atom. The minimum absolute atomic E-state index is 0.173. The molecule has 1 aromatic rings. The van der Waals surface area contributed by atoms with E-state index in [0.29, 0.717) is 12.0 Å². The lowest BCUT2D eigenvalue weighted by molar-refractivity contribution is -0.162. The summed E-state index contributed by atoms with van der Waals surface area (Å²) in [5, 5.41) is 9.60. The van der Waals surface area contributed by atoms with Gasteiger partial charge in [0.05, 0.1) is 6.61 Å². The summed E-state index contributed by atoms with van der Waals surface area (Å²) in [5.74, 6) is -1.83. The molecule has 0 aromatic heterocycles. The summed E-state index contributed by atoms with van der Waals surface area (Å²) in [4.78, 5) is 24.0. The second-order valence-electron chi connectivity index (χ2n) is 4.40. The Kier molecular flexibility index (Phi) is 5.55. The number of aliphatic carboxylic acids is 1. The zero-order valence-electron chi connectivity index (χ0n) is 11.4. The van der Waals surface area contributed by atoms with Crippen LogP contribution in [0, 0.1) is 0 Å². The topological polar surface area (TPSA) is 63.6 Å². The van der Waals surface area contributed by atoms with Gasteiger partial charge in [-0.05, 0) is 18.9 Å². The van der Waals surface area contributed by atoms with E-state index in [1.807, 2.05) is 6.92 Å². The summed E-state index contributed by atoms with van der Waals surface area (Å²) in [7, 11) is 0. The monoisotopic (exact) mass is 264 g/mol. The molecule has 0 bridgehead atoms. The first kappa shape index (κ1) is 15.2. The Morgan fingerprint density at radius 2 is 1.84 bits per heavy atom. The lowest BCUT2D eigenvalue weighted by Crippen LogP contribution is -2.45. The van der Waals surface area contributed by atoms with Gasteiger partial charge < -0.3 is 9.84 Å². The van der Waals surface area contributed by atoms with Gasteiger partial charge in [-0.2, -0.15) is 0 Å². The first-order chi connectivity index (χ1) is 9.09. The number of esters is 1. The van der Waals surface area contributed by atoms with Crippen molar-refractivity contribution in [3.63, 3.8) is 0 Å². The lowest BCUT2D eigenvalue weighted by Gasteiger charge is -2.27. The first-order valence-corrected chi connectivity index (χ1v) is 6.55. The molecule has 0 aliphatic heterocycles. The fourth-order valence-electron chi connectivity index (χ4n) is 2.10. The third kappa shape index (κ3) is 3.13. The number of carboxylic acids is 1. The van der Waals surface area contributed by atoms with Gasteiger partial charge in [-0.25, -0.2) is 0 Å². The number of unbranched alkanes of at least 4 members (excludes halogenated alkanes) is 1. The third-order valence-electron chi connectivity index (χ3n) is 3.16. The largest absolute Gasteiger partial charge is 0.480 e. The van der Waals surface area contributed by atoms with Gasteiger partial charge in [0.1, 0.15) is 0 Å². The molecule has 0 saturated carbocycles. The Morgan fingerprint density at radius 3 is 2.32 bits per heavy atom. The van der Waals surface area contributed by atoms with Crippen LogP contribution in [0.2, 0.25) is 0 Å². The van der Waals surface area contributed by atoms with E-state index >= 15 is 0 Å². The number of carbonyl (C=O) groups is 2. The van der Waals surface area contributed by atoms with Crippen molar-refractivity contribution in [2.75, 3.05) is 6.61 Å². The maximum absolute atomic E-state index is 12.2. The Bertz CT molecular complexity index is 427. The molecule has 0 radical (unpaired) electrons. The first-order valence-electron chi connectivity index (χ1n) is 6.55. The lowest BCUT2D eigenvalue weighted by atomic mass is 9.76. The Balaban J connectivity index is 3.27. The maximum atomic E-state index is 12.2. The second-order valence-corrected chi connectivity index (χ2v) is 4.40. The molecular weight excluding hydrogens is 244 g/mol. The minimum Gasteiger partial charge on any atom is -0.480 e. The molecule has 0 spiro atoms. The zero-order valence-corrected chi connectivity index (χ0v) is 11.4. The fraction of sp³-hybridized carbons (Fsp3) is 0.467. The van der Waals surface area contributed by atoms with Crippen molar-refractivity contribution in [3.05, 3.63) is 35.9 Å². The molecule has 4 heteroatoms. The van der Waals surface area contributed by atoms with Crippen molar-refractivity contribution in [1.29, 1.82) is 0 Å². The predicted octanol–water partition coefficient (Wildman–Crippen LogP) is 2.76. The highest BCUT2D eigenvalue weighted by molar-refractivity contribution is 6.05. The van der Waals surface area contributed by atoms with Crippen LogP contribution >= 0.6 is 0 Å². The van der Waals surface area contributed by atoms with Gasteiger partial charge in [-0.1, -0.05) is 50.1 Å². The number of carbonyl (C=O) groups excluding carboxylic acids is 1. The van der Waals surface area contributed by atoms with E-state index in [9.17, 15) is 14.7 Å². The van der Waals surface area contributed by atoms with Gasteiger partial charge in [-0.3, -0.25) is 9.59 Å². The number of benzene rings is 1. The van der Waals surface area contributed by atoms with Crippen molar-refractivity contribution in [2.45, 2.75) is 38.5 Å². The van der Waals surface area contributed by atoms with Gasteiger partial charge in [0.2, 0.25) is 0 Å². The number of ether oxygens (including phenoxy) is 1. The molecule has 1 aromatic carbocycles. The number of hydrogen-bond acceptors (Lipinski definition) is 3. The van der Waals surface area contributed by atoms with Crippen LogP contribution in [-0.2, 0) is 19.7 Å². The standard InChI is InChI=1S/C15H20O4/c1-3-5-11-15(13(16)17,14(18)19-4-2)12-9-7-6-8-10-12/h6-10H,3-5,11H2,1-2H3,(H,16,17). The second kappa shape index (κ2) is 6.92. The molecule has 104 valence electrons. The van der Waals surface area contributed by atoms with E-state index in [0.717, 1.165) is 6.42 Å². The van der Waals surface area contributed by atoms with E-state index in [4.69, 9.17) is 4.74 Å². The molecule has 0 fully saturated rings. The summed E-state index contributed by atoms with van der Waals surface area (Å²) in [6, 6.07) is 8.60. The highest BCUT2D eigenvalue weighted by atomic mass is 16.5. The van der Waals surface area contributed by atoms with E-state index < -0.39 is 17.4 Å². The van der Waals surface area contributed by atoms with Crippen molar-refractivity contribution in [2.24, 2.45) is 0 Å². The van der Waals surface area contributed by atoms with Crippen LogP contribution in [0.3, 0.4) is 0 Å². The van der Waals surface area contributed by atoms with Crippen LogP contribution < -0.4 is 0 Å². The maximum Gasteiger partial charge on any atom is 0.328 e. The summed E-state index contributed by atoms with van der Waals surface area (Å²) < 4.78 is 5.00. The Hall–Kier alpha value is -1.84. The molecule has 4 nitrogen and oxygen atoms in total. The summed E-state index contributed by atoms with van der Waals surface area (Å²) >= 11 is 0. The number of rotatable bonds is 7. The van der Waals surface area contributed by atoms with E-state index in [-0.39, 0.29) is 13.0 Å². The smallest absolute Gasteiger partial charge is 0.328 e. The normalized spacial score (nSPS) is 13.6. The molecule has 0 amide bonds. The fourth-order valence-corrected chi connectivity index (χ4v) is 2.10. The van der Waals surface area contributed by atoms with Gasteiger partial charge in [0.25, 0.3) is 0 Å². The van der Waals surface area contributed by atoms with Crippen LogP contribution in [0.5, 0.6) is 0 Å². The molecule has 0 heterocycles. The van der Waals surface area contributed by atoms with Gasteiger partial charge in [0.15, 0.2) is 5.41 Å². The van der Waals surface area contributed by atoms with Crippen molar-refractivity contribution >= 4 is 11.9 Å². The third-order valence-corrected chi connectivity index (χ3v) is 3.16. The number of carboxylic acid groups (broad SMARTS) is 1. The molecule has 1 unspecified atom stereocenters. The molecular formula is C15H20O4. The minimum atomic E-state index is -1.59. The summed E-state index contributed by atoms with van der Waals surface area (Å²) in [6.07, 6.45) is 1.73. The van der Waals surface area contributed by atoms with Gasteiger partial charge in [-0.15, -0.1) is 0 Å². The average molecular weight is 264 g/mol. The van der Waals surface area contributed by atoms with Crippen LogP contribution in [0.15, 0.2) is 30.3 Å². The SMILES string of the molecule is CCCCC(C(=O)O)(C(=O)OCC)c1ccccc1. The van der Waals surface area contributed by atoms with E-state index in [1.165, 1.54) is 0 Å². The summed E-state index contributed by atoms with van der Waals surface area (Å²) in [5.41, 5.74) is -1.11. The highest BCUT2D eigenvalue weighted by Crippen LogP contribution is 2.32. The van der Waals surface area contributed by atoms with Crippen molar-refractivity contribution < 1.29 is 19.4 Å². The predicted molar refractivity (Wildman–Crippen MR) is 71.9 cm³/mol. The molecule has 1 atom stereocenters. The molecule has 19 heavy (non-hydrogen) atoms. The van der Waals surface area contributed by atoms with Crippen molar-refractivity contribution in [1.82, 2.24) is 0 Å². The van der Waals surface area contributed by atoms with Crippen LogP contribution in [0.1, 0.15) is 38.7 Å². The molecule has 1 N–H and O–H groups in total. The molecule has 0 aliphatic rings. The van der Waals surface area contributed by atoms with Crippen LogP contribution in [-0.4, -0.2) is 23.7 Å². The molecule has 0 saturated heterocycles. The quantitative estimate of drug-likeness (QED) is 0.607. The average Bonchev–Trinajstić information content (AvgIpc) is 2.41. The highest BCUT2D eigenvalue weighted by Gasteiger charge is 2.48. The van der Waals surface area contributed by atoms with E-state index in [1.54, 1.807) is 37.3 Å². The molecule has 1 rings (SSSR count).